The highest BCUT2D eigenvalue weighted by Crippen LogP contribution is 2.39. The zero-order valence-corrected chi connectivity index (χ0v) is 12.9. The van der Waals surface area contributed by atoms with Gasteiger partial charge in [-0.25, -0.2) is 0 Å². The van der Waals surface area contributed by atoms with E-state index in [1.165, 1.54) is 0 Å². The second-order valence-corrected chi connectivity index (χ2v) is 5.94. The predicted octanol–water partition coefficient (Wildman–Crippen LogP) is 1.81. The van der Waals surface area contributed by atoms with Gasteiger partial charge in [0.1, 0.15) is 5.54 Å². The molecule has 0 saturated carbocycles. The van der Waals surface area contributed by atoms with Crippen molar-refractivity contribution in [2.75, 3.05) is 13.2 Å². The van der Waals surface area contributed by atoms with Crippen LogP contribution in [0.3, 0.4) is 0 Å². The second kappa shape index (κ2) is 5.79. The summed E-state index contributed by atoms with van der Waals surface area (Å²) >= 11 is 0. The van der Waals surface area contributed by atoms with E-state index in [1.54, 1.807) is 0 Å². The Morgan fingerprint density at radius 1 is 1.30 bits per heavy atom. The summed E-state index contributed by atoms with van der Waals surface area (Å²) in [6, 6.07) is 0. The van der Waals surface area contributed by atoms with Crippen molar-refractivity contribution in [3.8, 4) is 0 Å². The SMILES string of the molecule is CCOCC(C)(N)c1noc(C2C(C)OC(C)C2C)n1. The Labute approximate surface area is 120 Å². The van der Waals surface area contributed by atoms with Crippen molar-refractivity contribution < 1.29 is 14.0 Å². The summed E-state index contributed by atoms with van der Waals surface area (Å²) in [5.41, 5.74) is 5.45. The number of ether oxygens (including phenoxy) is 2. The summed E-state index contributed by atoms with van der Waals surface area (Å²) in [4.78, 5) is 4.49. The van der Waals surface area contributed by atoms with Gasteiger partial charge in [0.05, 0.1) is 24.7 Å². The van der Waals surface area contributed by atoms with Crippen LogP contribution in [0.1, 0.15) is 52.3 Å². The van der Waals surface area contributed by atoms with E-state index in [0.29, 0.717) is 30.8 Å². The molecule has 2 heterocycles. The van der Waals surface area contributed by atoms with Gasteiger partial charge >= 0.3 is 0 Å². The number of rotatable bonds is 5. The standard InChI is InChI=1S/C14H25N3O3/c1-6-18-7-14(5,15)13-16-12(20-17-13)11-8(2)9(3)19-10(11)4/h8-11H,6-7,15H2,1-5H3. The summed E-state index contributed by atoms with van der Waals surface area (Å²) in [5, 5.41) is 4.03. The number of hydrogen-bond acceptors (Lipinski definition) is 6. The quantitative estimate of drug-likeness (QED) is 0.887. The smallest absolute Gasteiger partial charge is 0.232 e. The van der Waals surface area contributed by atoms with Gasteiger partial charge in [-0.1, -0.05) is 12.1 Å². The van der Waals surface area contributed by atoms with Gasteiger partial charge in [-0.3, -0.25) is 0 Å². The third kappa shape index (κ3) is 2.87. The molecule has 6 heteroatoms. The van der Waals surface area contributed by atoms with Crippen LogP contribution in [-0.2, 0) is 15.0 Å². The van der Waals surface area contributed by atoms with Gasteiger partial charge in [-0.05, 0) is 33.6 Å². The molecule has 5 atom stereocenters. The molecule has 0 radical (unpaired) electrons. The lowest BCUT2D eigenvalue weighted by Gasteiger charge is -2.19. The highest BCUT2D eigenvalue weighted by molar-refractivity contribution is 5.08. The van der Waals surface area contributed by atoms with Crippen LogP contribution in [0.15, 0.2) is 4.52 Å². The minimum Gasteiger partial charge on any atom is -0.379 e. The first-order valence-corrected chi connectivity index (χ1v) is 7.23. The Morgan fingerprint density at radius 2 is 2.00 bits per heavy atom. The zero-order valence-electron chi connectivity index (χ0n) is 12.9. The Hall–Kier alpha value is -0.980. The fourth-order valence-corrected chi connectivity index (χ4v) is 2.67. The maximum atomic E-state index is 6.19. The van der Waals surface area contributed by atoms with E-state index in [0.717, 1.165) is 0 Å². The van der Waals surface area contributed by atoms with Crippen molar-refractivity contribution in [2.45, 2.75) is 58.3 Å². The third-order valence-corrected chi connectivity index (χ3v) is 4.09. The lowest BCUT2D eigenvalue weighted by molar-refractivity contribution is 0.0542. The zero-order chi connectivity index (χ0) is 14.9. The number of hydrogen-bond donors (Lipinski definition) is 1. The Morgan fingerprint density at radius 3 is 2.55 bits per heavy atom. The molecule has 2 rings (SSSR count). The van der Waals surface area contributed by atoms with Gasteiger partial charge in [-0.2, -0.15) is 4.98 Å². The molecule has 1 aliphatic heterocycles. The topological polar surface area (TPSA) is 83.4 Å². The summed E-state index contributed by atoms with van der Waals surface area (Å²) in [6.07, 6.45) is 0.266. The molecule has 114 valence electrons. The largest absolute Gasteiger partial charge is 0.379 e. The van der Waals surface area contributed by atoms with Gasteiger partial charge in [-0.15, -0.1) is 0 Å². The van der Waals surface area contributed by atoms with Crippen molar-refractivity contribution in [3.63, 3.8) is 0 Å². The van der Waals surface area contributed by atoms with Crippen molar-refractivity contribution in [1.82, 2.24) is 10.1 Å². The van der Waals surface area contributed by atoms with Crippen molar-refractivity contribution in [1.29, 1.82) is 0 Å². The van der Waals surface area contributed by atoms with Crippen LogP contribution >= 0.6 is 0 Å². The van der Waals surface area contributed by atoms with E-state index in [-0.39, 0.29) is 18.1 Å². The summed E-state index contributed by atoms with van der Waals surface area (Å²) in [7, 11) is 0. The van der Waals surface area contributed by atoms with Crippen molar-refractivity contribution in [3.05, 3.63) is 11.7 Å². The first-order valence-electron chi connectivity index (χ1n) is 7.23. The molecule has 1 saturated heterocycles. The molecule has 0 aliphatic carbocycles. The van der Waals surface area contributed by atoms with Gasteiger partial charge in [0, 0.05) is 6.61 Å². The van der Waals surface area contributed by atoms with Crippen LogP contribution < -0.4 is 5.73 Å². The van der Waals surface area contributed by atoms with E-state index in [9.17, 15) is 0 Å². The molecular weight excluding hydrogens is 258 g/mol. The number of nitrogens with two attached hydrogens (primary N) is 1. The highest BCUT2D eigenvalue weighted by atomic mass is 16.5. The van der Waals surface area contributed by atoms with Crippen molar-refractivity contribution >= 4 is 0 Å². The lowest BCUT2D eigenvalue weighted by Crippen LogP contribution is -2.39. The van der Waals surface area contributed by atoms with E-state index < -0.39 is 5.54 Å². The molecular formula is C14H25N3O3. The van der Waals surface area contributed by atoms with Crippen molar-refractivity contribution in [2.24, 2.45) is 11.7 Å². The van der Waals surface area contributed by atoms with Crippen LogP contribution in [0.5, 0.6) is 0 Å². The fraction of sp³-hybridized carbons (Fsp3) is 0.857. The minimum atomic E-state index is -0.741. The van der Waals surface area contributed by atoms with Crippen LogP contribution in [0.25, 0.3) is 0 Å². The van der Waals surface area contributed by atoms with Gasteiger partial charge in [0.2, 0.25) is 5.89 Å². The first-order chi connectivity index (χ1) is 9.36. The molecule has 1 aromatic rings. The first kappa shape index (κ1) is 15.4. The number of aromatic nitrogens is 2. The Bertz CT molecular complexity index is 447. The highest BCUT2D eigenvalue weighted by Gasteiger charge is 2.42. The second-order valence-electron chi connectivity index (χ2n) is 5.94. The maximum Gasteiger partial charge on any atom is 0.232 e. The Balaban J connectivity index is 2.16. The maximum absolute atomic E-state index is 6.19. The monoisotopic (exact) mass is 283 g/mol. The van der Waals surface area contributed by atoms with E-state index >= 15 is 0 Å². The minimum absolute atomic E-state index is 0.0734. The van der Waals surface area contributed by atoms with Crippen LogP contribution in [-0.4, -0.2) is 35.6 Å². The van der Waals surface area contributed by atoms with Gasteiger partial charge in [0.15, 0.2) is 5.82 Å². The van der Waals surface area contributed by atoms with E-state index in [2.05, 4.69) is 24.0 Å². The third-order valence-electron chi connectivity index (χ3n) is 4.09. The van der Waals surface area contributed by atoms with E-state index in [1.807, 2.05) is 20.8 Å². The van der Waals surface area contributed by atoms with Crippen LogP contribution in [0.4, 0.5) is 0 Å². The Kier molecular flexibility index (Phi) is 4.46. The molecule has 0 spiro atoms. The van der Waals surface area contributed by atoms with E-state index in [4.69, 9.17) is 19.7 Å². The molecule has 2 N–H and O–H groups in total. The van der Waals surface area contributed by atoms with Crippen LogP contribution in [0.2, 0.25) is 0 Å². The molecule has 6 nitrogen and oxygen atoms in total. The van der Waals surface area contributed by atoms with Crippen LogP contribution in [0, 0.1) is 5.92 Å². The molecule has 0 bridgehead atoms. The summed E-state index contributed by atoms with van der Waals surface area (Å²) in [6.45, 7) is 11.0. The number of nitrogens with zero attached hydrogens (tertiary/aromatic N) is 2. The predicted molar refractivity (Wildman–Crippen MR) is 74.2 cm³/mol. The van der Waals surface area contributed by atoms with Gasteiger partial charge < -0.3 is 19.7 Å². The molecule has 0 aromatic carbocycles. The fourth-order valence-electron chi connectivity index (χ4n) is 2.67. The molecule has 1 aliphatic rings. The van der Waals surface area contributed by atoms with Gasteiger partial charge in [0.25, 0.3) is 0 Å². The summed E-state index contributed by atoms with van der Waals surface area (Å²) < 4.78 is 16.6. The summed E-state index contributed by atoms with van der Waals surface area (Å²) in [5.74, 6) is 1.56. The normalized spacial score (nSPS) is 33.3. The molecule has 1 aromatic heterocycles. The molecule has 5 unspecified atom stereocenters. The molecule has 1 fully saturated rings. The lowest BCUT2D eigenvalue weighted by atomic mass is 9.89. The average Bonchev–Trinajstić information content (AvgIpc) is 2.94. The molecule has 20 heavy (non-hydrogen) atoms. The average molecular weight is 283 g/mol. The molecule has 0 amide bonds.